The summed E-state index contributed by atoms with van der Waals surface area (Å²) in [4.78, 5) is 33.0. The van der Waals surface area contributed by atoms with Gasteiger partial charge in [0.15, 0.2) is 0 Å². The Labute approximate surface area is 176 Å². The molecule has 11 nitrogen and oxygen atoms in total. The SMILES string of the molecule is C[C@](N)(C(=O)N1CC(Oc2ccc3c(c2C(=O)O)O[B-](O)(O)[C@H]2C[C@@H]32)C1)c1c[nH]cn1. The molecular formula is C19H22BN4O7-. The molecule has 3 heterocycles. The highest BCUT2D eigenvalue weighted by molar-refractivity contribution is 6.62. The lowest BCUT2D eigenvalue weighted by Gasteiger charge is -2.42. The Morgan fingerprint density at radius 1 is 1.39 bits per heavy atom. The number of ether oxygens (including phenoxy) is 1. The molecule has 2 aromatic rings. The summed E-state index contributed by atoms with van der Waals surface area (Å²) in [5.74, 6) is -2.16. The number of rotatable bonds is 5. The fraction of sp³-hybridized carbons (Fsp3) is 0.421. The van der Waals surface area contributed by atoms with Crippen molar-refractivity contribution in [2.75, 3.05) is 13.1 Å². The van der Waals surface area contributed by atoms with Crippen molar-refractivity contribution in [1.82, 2.24) is 14.9 Å². The van der Waals surface area contributed by atoms with E-state index in [1.807, 2.05) is 0 Å². The van der Waals surface area contributed by atoms with Crippen LogP contribution in [-0.2, 0) is 10.3 Å². The predicted octanol–water partition coefficient (Wildman–Crippen LogP) is -0.255. The molecule has 2 aliphatic heterocycles. The van der Waals surface area contributed by atoms with Gasteiger partial charge >= 0.3 is 12.7 Å². The predicted molar refractivity (Wildman–Crippen MR) is 106 cm³/mol. The van der Waals surface area contributed by atoms with E-state index in [0.717, 1.165) is 0 Å². The van der Waals surface area contributed by atoms with Crippen LogP contribution in [0.15, 0.2) is 24.7 Å². The molecule has 6 N–H and O–H groups in total. The van der Waals surface area contributed by atoms with Crippen LogP contribution in [0.1, 0.15) is 40.9 Å². The minimum absolute atomic E-state index is 0.0526. The van der Waals surface area contributed by atoms with E-state index in [1.165, 1.54) is 11.2 Å². The maximum absolute atomic E-state index is 12.7. The lowest BCUT2D eigenvalue weighted by Crippen LogP contribution is -2.62. The molecule has 0 unspecified atom stereocenters. The second kappa shape index (κ2) is 6.46. The van der Waals surface area contributed by atoms with Crippen molar-refractivity contribution in [1.29, 1.82) is 0 Å². The number of nitrogens with two attached hydrogens (primary N) is 1. The Morgan fingerprint density at radius 3 is 2.77 bits per heavy atom. The van der Waals surface area contributed by atoms with E-state index in [0.29, 0.717) is 17.7 Å². The van der Waals surface area contributed by atoms with E-state index < -0.39 is 30.2 Å². The van der Waals surface area contributed by atoms with Gasteiger partial charge < -0.3 is 40.2 Å². The van der Waals surface area contributed by atoms with Gasteiger partial charge in [0.25, 0.3) is 0 Å². The number of aromatic amines is 1. The van der Waals surface area contributed by atoms with Gasteiger partial charge in [0, 0.05) is 6.20 Å². The van der Waals surface area contributed by atoms with E-state index >= 15 is 0 Å². The van der Waals surface area contributed by atoms with Crippen LogP contribution in [0, 0.1) is 0 Å². The molecule has 31 heavy (non-hydrogen) atoms. The maximum atomic E-state index is 12.7. The fourth-order valence-corrected chi connectivity index (χ4v) is 4.45. The number of likely N-dealkylation sites (tertiary alicyclic amines) is 1. The first-order valence-corrected chi connectivity index (χ1v) is 10.0. The van der Waals surface area contributed by atoms with E-state index in [-0.39, 0.29) is 42.0 Å². The van der Waals surface area contributed by atoms with Gasteiger partial charge in [-0.25, -0.2) is 9.78 Å². The number of H-pyrrole nitrogens is 1. The second-order valence-electron chi connectivity index (χ2n) is 8.65. The average molecular weight is 429 g/mol. The third kappa shape index (κ3) is 3.06. The first kappa shape index (κ1) is 19.9. The lowest BCUT2D eigenvalue weighted by atomic mass is 9.68. The van der Waals surface area contributed by atoms with Crippen molar-refractivity contribution in [2.45, 2.75) is 36.7 Å². The molecule has 1 aliphatic carbocycles. The molecule has 1 aromatic heterocycles. The Bertz CT molecular complexity index is 1070. The van der Waals surface area contributed by atoms with Crippen molar-refractivity contribution in [3.63, 3.8) is 0 Å². The van der Waals surface area contributed by atoms with Gasteiger partial charge in [-0.1, -0.05) is 18.3 Å². The summed E-state index contributed by atoms with van der Waals surface area (Å²) < 4.78 is 11.1. The second-order valence-corrected chi connectivity index (χ2v) is 8.65. The highest BCUT2D eigenvalue weighted by atomic mass is 16.6. The summed E-state index contributed by atoms with van der Waals surface area (Å²) in [6, 6.07) is 3.25. The van der Waals surface area contributed by atoms with Crippen LogP contribution in [0.5, 0.6) is 11.5 Å². The minimum atomic E-state index is -3.11. The molecule has 5 rings (SSSR count). The van der Waals surface area contributed by atoms with Crippen molar-refractivity contribution in [3.05, 3.63) is 41.5 Å². The number of imidazole rings is 1. The number of benzene rings is 1. The van der Waals surface area contributed by atoms with Crippen LogP contribution in [-0.4, -0.2) is 67.8 Å². The highest BCUT2D eigenvalue weighted by Crippen LogP contribution is 2.63. The zero-order chi connectivity index (χ0) is 22.1. The molecule has 0 radical (unpaired) electrons. The van der Waals surface area contributed by atoms with Gasteiger partial charge in [-0.15, -0.1) is 0 Å². The number of nitrogens with one attached hydrogen (secondary N) is 1. The Hall–Kier alpha value is -3.09. The molecular weight excluding hydrogens is 407 g/mol. The van der Waals surface area contributed by atoms with Gasteiger partial charge in [-0.3, -0.25) is 4.79 Å². The van der Waals surface area contributed by atoms with Gasteiger partial charge in [-0.2, -0.15) is 0 Å². The molecule has 2 fully saturated rings. The number of amides is 1. The van der Waals surface area contributed by atoms with Crippen LogP contribution in [0.4, 0.5) is 0 Å². The van der Waals surface area contributed by atoms with E-state index in [4.69, 9.17) is 15.1 Å². The molecule has 1 saturated carbocycles. The quantitative estimate of drug-likeness (QED) is 0.402. The molecule has 3 atom stereocenters. The minimum Gasteiger partial charge on any atom is -0.669 e. The number of aromatic carboxylic acids is 1. The normalized spacial score (nSPS) is 25.4. The Kier molecular flexibility index (Phi) is 4.13. The first-order valence-electron chi connectivity index (χ1n) is 10.0. The number of carboxylic acid groups (broad SMARTS) is 1. The molecule has 0 bridgehead atoms. The van der Waals surface area contributed by atoms with Crippen LogP contribution in [0.3, 0.4) is 0 Å². The summed E-state index contributed by atoms with van der Waals surface area (Å²) in [6.45, 7) is -1.08. The largest absolute Gasteiger partial charge is 0.669 e. The van der Waals surface area contributed by atoms with Gasteiger partial charge in [0.05, 0.1) is 30.9 Å². The fourth-order valence-electron chi connectivity index (χ4n) is 4.45. The highest BCUT2D eigenvalue weighted by Gasteiger charge is 2.55. The molecule has 0 spiro atoms. The molecule has 3 aliphatic rings. The third-order valence-electron chi connectivity index (χ3n) is 6.36. The molecule has 1 amide bonds. The molecule has 164 valence electrons. The number of nitrogens with zero attached hydrogens (tertiary/aromatic N) is 2. The van der Waals surface area contributed by atoms with Crippen LogP contribution >= 0.6 is 0 Å². The smallest absolute Gasteiger partial charge is 0.434 e. The van der Waals surface area contributed by atoms with Gasteiger partial charge in [0.2, 0.25) is 5.91 Å². The molecule has 1 aromatic carbocycles. The summed E-state index contributed by atoms with van der Waals surface area (Å²) in [5.41, 5.74) is 5.67. The van der Waals surface area contributed by atoms with E-state index in [2.05, 4.69) is 9.97 Å². The van der Waals surface area contributed by atoms with Gasteiger partial charge in [0.1, 0.15) is 23.0 Å². The maximum Gasteiger partial charge on any atom is 0.434 e. The average Bonchev–Trinajstić information content (AvgIpc) is 3.29. The number of hydrogen-bond donors (Lipinski definition) is 5. The van der Waals surface area contributed by atoms with E-state index in [1.54, 1.807) is 25.3 Å². The monoisotopic (exact) mass is 429 g/mol. The van der Waals surface area contributed by atoms with Crippen LogP contribution < -0.4 is 15.1 Å². The number of fused-ring (bicyclic) bond motifs is 3. The summed E-state index contributed by atoms with van der Waals surface area (Å²) >= 11 is 0. The number of hydrogen-bond acceptors (Lipinski definition) is 8. The number of carboxylic acids is 1. The van der Waals surface area contributed by atoms with Crippen molar-refractivity contribution < 1.29 is 34.1 Å². The first-order chi connectivity index (χ1) is 14.6. The Morgan fingerprint density at radius 2 is 2.13 bits per heavy atom. The van der Waals surface area contributed by atoms with E-state index in [9.17, 15) is 24.7 Å². The zero-order valence-electron chi connectivity index (χ0n) is 16.7. The zero-order valence-corrected chi connectivity index (χ0v) is 16.7. The number of carbonyl (C=O) groups is 2. The summed E-state index contributed by atoms with van der Waals surface area (Å²) in [6.07, 6.45) is 3.10. The van der Waals surface area contributed by atoms with Crippen molar-refractivity contribution >= 4 is 18.6 Å². The van der Waals surface area contributed by atoms with Gasteiger partial charge in [-0.05, 0) is 24.5 Å². The number of aromatic nitrogens is 2. The van der Waals surface area contributed by atoms with Crippen molar-refractivity contribution in [3.8, 4) is 11.5 Å². The summed E-state index contributed by atoms with van der Waals surface area (Å²) in [5, 5.41) is 30.0. The van der Waals surface area contributed by atoms with Crippen LogP contribution in [0.2, 0.25) is 5.82 Å². The number of carbonyl (C=O) groups excluding carboxylic acids is 1. The van der Waals surface area contributed by atoms with Crippen LogP contribution in [0.25, 0.3) is 0 Å². The molecule has 12 heteroatoms. The third-order valence-corrected chi connectivity index (χ3v) is 6.36. The molecule has 1 saturated heterocycles. The summed E-state index contributed by atoms with van der Waals surface area (Å²) in [7, 11) is 0. The van der Waals surface area contributed by atoms with Crippen molar-refractivity contribution in [2.24, 2.45) is 5.73 Å². The topological polar surface area (TPSA) is 171 Å². The lowest BCUT2D eigenvalue weighted by molar-refractivity contribution is -0.145. The standard InChI is InChI=1S/C19H22BN4O7/c1-19(21,14-5-22-8-23-14)18(27)24-6-9(7-24)30-13-3-2-10-11-4-12(11)20(28,29)31-16(10)15(13)17(25)26/h2-3,5,8-9,11-12,28-29H,4,6-7,21H2,1H3,(H,22,23)(H,25,26)/q-1/t11-,12-,19+/m0/s1. The Balaban J connectivity index is 1.32.